The molecule has 0 aliphatic carbocycles. The molecule has 16 nitrogen and oxygen atoms in total. The van der Waals surface area contributed by atoms with Crippen molar-refractivity contribution in [2.75, 3.05) is 23.8 Å². The Labute approximate surface area is 206 Å². The molecule has 2 unspecified atom stereocenters. The van der Waals surface area contributed by atoms with Gasteiger partial charge in [-0.05, 0) is 17.6 Å². The number of nitrogen functional groups attached to an aromatic ring is 1. The smallest absolute Gasteiger partial charge is 0.387 e. The number of aromatic nitrogens is 4. The molecule has 2 aromatic heterocycles. The first kappa shape index (κ1) is 28.4. The van der Waals surface area contributed by atoms with Gasteiger partial charge in [0.05, 0.1) is 12.9 Å². The molecular formula is C12H20N5O11P3S3. The molecule has 192 valence electrons. The Morgan fingerprint density at radius 3 is 2.56 bits per heavy atom. The van der Waals surface area contributed by atoms with Crippen LogP contribution >= 0.6 is 45.3 Å². The maximum Gasteiger partial charge on any atom is 0.487 e. The zero-order valence-electron chi connectivity index (χ0n) is 16.7. The number of thiol groups is 1. The number of nitrogens with two attached hydrogens (primary N) is 1. The van der Waals surface area contributed by atoms with Gasteiger partial charge < -0.3 is 39.9 Å². The second-order valence-corrected chi connectivity index (χ2v) is 16.4. The van der Waals surface area contributed by atoms with E-state index in [2.05, 4.69) is 31.9 Å². The minimum absolute atomic E-state index is 0.0988. The molecule has 1 saturated heterocycles. The maximum absolute atomic E-state index is 12.0. The number of aliphatic hydroxyl groups is 2. The Kier molecular flexibility index (Phi) is 9.22. The number of imidazole rings is 1. The molecule has 1 aliphatic rings. The fourth-order valence-electron chi connectivity index (χ4n) is 2.83. The number of fused-ring (bicyclic) bond motifs is 1. The lowest BCUT2D eigenvalue weighted by atomic mass is 10.1. The van der Waals surface area contributed by atoms with Gasteiger partial charge in [-0.2, -0.15) is 16.9 Å². The van der Waals surface area contributed by atoms with E-state index in [0.717, 1.165) is 11.4 Å². The number of hydrogen-bond donors (Lipinski definition) is 7. The summed E-state index contributed by atoms with van der Waals surface area (Å²) in [5, 5.41) is 21.0. The summed E-state index contributed by atoms with van der Waals surface area (Å²) in [5.41, 5.74) is 2.46. The lowest BCUT2D eigenvalue weighted by Crippen LogP contribution is -2.33. The van der Waals surface area contributed by atoms with Crippen LogP contribution in [0.2, 0.25) is 0 Å². The van der Waals surface area contributed by atoms with Gasteiger partial charge in [-0.15, -0.1) is 0 Å². The monoisotopic (exact) mass is 599 g/mol. The van der Waals surface area contributed by atoms with Crippen LogP contribution in [-0.4, -0.2) is 80.8 Å². The number of aliphatic hydroxyl groups excluding tert-OH is 2. The molecule has 1 aliphatic heterocycles. The molecule has 22 heteroatoms. The van der Waals surface area contributed by atoms with Crippen molar-refractivity contribution in [2.45, 2.75) is 24.5 Å². The molecule has 0 amide bonds. The van der Waals surface area contributed by atoms with Crippen molar-refractivity contribution in [2.24, 2.45) is 0 Å². The van der Waals surface area contributed by atoms with Crippen LogP contribution in [0.5, 0.6) is 0 Å². The van der Waals surface area contributed by atoms with Gasteiger partial charge >= 0.3 is 15.6 Å². The Bertz CT molecular complexity index is 1170. The van der Waals surface area contributed by atoms with Crippen molar-refractivity contribution in [3.63, 3.8) is 0 Å². The van der Waals surface area contributed by atoms with E-state index >= 15 is 0 Å². The average Bonchev–Trinajstić information content (AvgIpc) is 3.25. The van der Waals surface area contributed by atoms with Gasteiger partial charge in [0.25, 0.3) is 5.69 Å². The molecular weight excluding hydrogens is 579 g/mol. The molecule has 7 N–H and O–H groups in total. The largest absolute Gasteiger partial charge is 0.487 e. The van der Waals surface area contributed by atoms with E-state index in [9.17, 15) is 24.2 Å². The van der Waals surface area contributed by atoms with Crippen LogP contribution in [0.25, 0.3) is 11.2 Å². The highest BCUT2D eigenvalue weighted by Crippen LogP contribution is 2.73. The Hall–Kier alpha value is -0.200. The minimum Gasteiger partial charge on any atom is -0.387 e. The molecule has 3 heterocycles. The molecule has 6 atom stereocenters. The number of ether oxygens (including phenoxy) is 1. The minimum atomic E-state index is -5.39. The summed E-state index contributed by atoms with van der Waals surface area (Å²) in [4.78, 5) is 39.2. The van der Waals surface area contributed by atoms with E-state index in [1.165, 1.54) is 17.2 Å². The lowest BCUT2D eigenvalue weighted by Gasteiger charge is -2.25. The van der Waals surface area contributed by atoms with Crippen molar-refractivity contribution in [3.05, 3.63) is 12.7 Å². The van der Waals surface area contributed by atoms with E-state index in [1.54, 1.807) is 0 Å². The first-order valence-electron chi connectivity index (χ1n) is 9.01. The maximum atomic E-state index is 12.0. The van der Waals surface area contributed by atoms with Crippen LogP contribution in [0.4, 0.5) is 5.82 Å². The third-order valence-electron chi connectivity index (χ3n) is 4.15. The van der Waals surface area contributed by atoms with Crippen LogP contribution in [0.3, 0.4) is 0 Å². The molecule has 0 spiro atoms. The van der Waals surface area contributed by atoms with E-state index < -0.39 is 52.5 Å². The normalized spacial score (nSPS) is 27.0. The quantitative estimate of drug-likeness (QED) is 0.134. The number of nitrogens with zero attached hydrogens (tertiary/aromatic N) is 4. The SMILES string of the molecule is Nc1ncnc2c1ncn2[C@@H]1O[C@H](COP(=S)(OP(=O)(O)OP(=O)(O)O)SCCS)[C@@H](O)[C@H]1O. The highest BCUT2D eigenvalue weighted by Gasteiger charge is 2.46. The van der Waals surface area contributed by atoms with Crippen molar-refractivity contribution >= 4 is 74.1 Å². The van der Waals surface area contributed by atoms with Gasteiger partial charge in [-0.1, -0.05) is 11.4 Å². The third-order valence-corrected chi connectivity index (χ3v) is 13.4. The summed E-state index contributed by atoms with van der Waals surface area (Å²) in [5.74, 6) is 0.534. The Balaban J connectivity index is 1.75. The molecule has 0 bridgehead atoms. The van der Waals surface area contributed by atoms with Crippen molar-refractivity contribution in [3.8, 4) is 0 Å². The summed E-state index contributed by atoms with van der Waals surface area (Å²) in [6, 6.07) is 0. The molecule has 0 radical (unpaired) electrons. The fourth-order valence-corrected chi connectivity index (χ4v) is 11.2. The van der Waals surface area contributed by atoms with Crippen LogP contribution in [-0.2, 0) is 38.8 Å². The molecule has 34 heavy (non-hydrogen) atoms. The Morgan fingerprint density at radius 2 is 1.91 bits per heavy atom. The predicted molar refractivity (Wildman–Crippen MR) is 126 cm³/mol. The summed E-state index contributed by atoms with van der Waals surface area (Å²) < 4.78 is 44.0. The van der Waals surface area contributed by atoms with Gasteiger partial charge in [0.15, 0.2) is 17.7 Å². The van der Waals surface area contributed by atoms with E-state index in [-0.39, 0.29) is 28.5 Å². The number of hydrogen-bond acceptors (Lipinski definition) is 15. The van der Waals surface area contributed by atoms with E-state index in [0.29, 0.717) is 0 Å². The van der Waals surface area contributed by atoms with Crippen LogP contribution in [0.1, 0.15) is 6.23 Å². The molecule has 3 rings (SSSR count). The second-order valence-electron chi connectivity index (χ2n) is 6.55. The van der Waals surface area contributed by atoms with E-state index in [4.69, 9.17) is 40.9 Å². The van der Waals surface area contributed by atoms with E-state index in [1.807, 2.05) is 0 Å². The fraction of sp³-hybridized carbons (Fsp3) is 0.583. The Morgan fingerprint density at radius 1 is 1.21 bits per heavy atom. The first-order valence-corrected chi connectivity index (χ1v) is 16.9. The van der Waals surface area contributed by atoms with Gasteiger partial charge in [0.1, 0.15) is 30.2 Å². The first-order chi connectivity index (χ1) is 15.8. The second kappa shape index (κ2) is 11.0. The standard InChI is InChI=1S/C12H20N5O11P3S3/c13-10-7-11(15-4-14-10)17(5-16-7)12-9(19)8(18)6(26-12)3-25-31(33,34-2-1-32)28-30(23,24)27-29(20,21)22/h4-6,8-9,12,18-19,32H,1-3H2,(H,23,24)(H2,13,14,15)(H2,20,21,22)/t6-,8-,9-,12-,31?/m1/s1. The number of phosphoric acid groups is 2. The molecule has 0 aromatic carbocycles. The van der Waals surface area contributed by atoms with Crippen LogP contribution in [0, 0.1) is 0 Å². The van der Waals surface area contributed by atoms with Gasteiger partial charge in [0, 0.05) is 5.75 Å². The summed E-state index contributed by atoms with van der Waals surface area (Å²) in [6.45, 7) is -0.523. The third kappa shape index (κ3) is 6.97. The van der Waals surface area contributed by atoms with Crippen molar-refractivity contribution < 1.29 is 51.9 Å². The lowest BCUT2D eigenvalue weighted by molar-refractivity contribution is -0.0469. The van der Waals surface area contributed by atoms with Crippen LogP contribution < -0.4 is 5.73 Å². The zero-order valence-corrected chi connectivity index (χ0v) is 22.0. The predicted octanol–water partition coefficient (Wildman–Crippen LogP) is 0.158. The highest BCUT2D eigenvalue weighted by molar-refractivity contribution is 8.68. The molecule has 1 fully saturated rings. The topological polar surface area (TPSA) is 242 Å². The summed E-state index contributed by atoms with van der Waals surface area (Å²) in [7, 11) is -10.7. The van der Waals surface area contributed by atoms with Crippen molar-refractivity contribution in [1.29, 1.82) is 0 Å². The molecule has 0 saturated carbocycles. The van der Waals surface area contributed by atoms with Crippen LogP contribution in [0.15, 0.2) is 12.7 Å². The number of rotatable bonds is 11. The van der Waals surface area contributed by atoms with Gasteiger partial charge in [0.2, 0.25) is 0 Å². The van der Waals surface area contributed by atoms with Gasteiger partial charge in [-0.25, -0.2) is 28.4 Å². The number of anilines is 1. The summed E-state index contributed by atoms with van der Waals surface area (Å²) in [6.07, 6.45) is -2.83. The highest BCUT2D eigenvalue weighted by atomic mass is 32.9. The van der Waals surface area contributed by atoms with Crippen molar-refractivity contribution in [1.82, 2.24) is 19.5 Å². The molecule has 2 aromatic rings. The zero-order chi connectivity index (χ0) is 25.3. The summed E-state index contributed by atoms with van der Waals surface area (Å²) >= 11 is 9.94. The average molecular weight is 599 g/mol. The van der Waals surface area contributed by atoms with Gasteiger partial charge in [-0.3, -0.25) is 4.57 Å².